The van der Waals surface area contributed by atoms with Crippen molar-refractivity contribution in [3.63, 3.8) is 0 Å². The summed E-state index contributed by atoms with van der Waals surface area (Å²) in [6.07, 6.45) is 1.13. The van der Waals surface area contributed by atoms with Crippen molar-refractivity contribution in [3.8, 4) is 5.75 Å². The number of ether oxygens (including phenoxy) is 2. The maximum atomic E-state index is 16.4. The van der Waals surface area contributed by atoms with Crippen LogP contribution >= 0.6 is 0 Å². The molecule has 1 saturated heterocycles. The van der Waals surface area contributed by atoms with E-state index in [0.29, 0.717) is 41.2 Å². The Morgan fingerprint density at radius 3 is 2.50 bits per heavy atom. The molecule has 3 amide bonds. The predicted molar refractivity (Wildman–Crippen MR) is 184 cm³/mol. The first kappa shape index (κ1) is 33.6. The van der Waals surface area contributed by atoms with Crippen molar-refractivity contribution in [1.82, 2.24) is 4.90 Å². The number of nitrogens with zero attached hydrogens (tertiary/aromatic N) is 2. The molecule has 3 heterocycles. The Hall–Kier alpha value is -4.32. The van der Waals surface area contributed by atoms with Crippen LogP contribution in [0.4, 0.5) is 15.5 Å². The molecule has 0 aliphatic carbocycles. The lowest BCUT2D eigenvalue weighted by Gasteiger charge is -2.37. The van der Waals surface area contributed by atoms with Gasteiger partial charge in [0.05, 0.1) is 38.0 Å². The smallest absolute Gasteiger partial charge is 0.264 e. The molecule has 2 N–H and O–H groups in total. The van der Waals surface area contributed by atoms with Gasteiger partial charge in [-0.2, -0.15) is 0 Å². The average molecular weight is 672 g/mol. The molecule has 0 radical (unpaired) electrons. The minimum absolute atomic E-state index is 0.131. The van der Waals surface area contributed by atoms with Crippen molar-refractivity contribution < 1.29 is 33.1 Å². The minimum Gasteiger partial charge on any atom is -0.497 e. The van der Waals surface area contributed by atoms with Gasteiger partial charge in [-0.05, 0) is 73.1 Å². The summed E-state index contributed by atoms with van der Waals surface area (Å²) in [6, 6.07) is 19.3. The van der Waals surface area contributed by atoms with Gasteiger partial charge in [0.1, 0.15) is 5.75 Å². The zero-order chi connectivity index (χ0) is 34.4. The molecule has 0 unspecified atom stereocenters. The van der Waals surface area contributed by atoms with E-state index in [-0.39, 0.29) is 37.3 Å². The SMILES string of the molecule is C=CCN1C(=O)[C@]2(O[C@H](CC(=O)N3Cc4ccccc4C[C@H]3CO)[C@@H]([Si](C)(C)F)[C@@H]2C)c2cc(NC(=O)c3ccc(OC)cc3)ccc21. The fraction of sp³-hybridized carbons (Fsp3) is 0.378. The lowest BCUT2D eigenvalue weighted by atomic mass is 9.82. The summed E-state index contributed by atoms with van der Waals surface area (Å²) in [5.74, 6) is -0.944. The first-order chi connectivity index (χ1) is 22.9. The van der Waals surface area contributed by atoms with Gasteiger partial charge in [0, 0.05) is 41.4 Å². The first-order valence-electron chi connectivity index (χ1n) is 16.3. The number of aliphatic hydroxyl groups is 1. The molecule has 3 aromatic carbocycles. The zero-order valence-corrected chi connectivity index (χ0v) is 28.7. The van der Waals surface area contributed by atoms with E-state index in [2.05, 4.69) is 11.9 Å². The van der Waals surface area contributed by atoms with Crippen LogP contribution in [0.3, 0.4) is 0 Å². The number of hydrogen-bond acceptors (Lipinski definition) is 6. The number of rotatable bonds is 9. The molecule has 9 nitrogen and oxygen atoms in total. The summed E-state index contributed by atoms with van der Waals surface area (Å²) in [6.45, 7) is 9.19. The quantitative estimate of drug-likeness (QED) is 0.175. The van der Waals surface area contributed by atoms with E-state index in [9.17, 15) is 19.5 Å². The molecule has 6 rings (SSSR count). The Kier molecular flexibility index (Phi) is 9.05. The fourth-order valence-electron chi connectivity index (χ4n) is 7.91. The first-order valence-corrected chi connectivity index (χ1v) is 19.2. The predicted octanol–water partition coefficient (Wildman–Crippen LogP) is 5.59. The maximum Gasteiger partial charge on any atom is 0.264 e. The van der Waals surface area contributed by atoms with Crippen molar-refractivity contribution in [2.24, 2.45) is 5.92 Å². The number of halogens is 1. The second-order valence-electron chi connectivity index (χ2n) is 13.4. The molecule has 1 spiro atoms. The number of anilines is 2. The molecule has 0 aromatic heterocycles. The third-order valence-corrected chi connectivity index (χ3v) is 12.6. The number of hydrogen-bond donors (Lipinski definition) is 2. The van der Waals surface area contributed by atoms with Gasteiger partial charge in [0.25, 0.3) is 11.8 Å². The van der Waals surface area contributed by atoms with Crippen molar-refractivity contribution in [2.45, 2.75) is 62.7 Å². The van der Waals surface area contributed by atoms with Crippen LogP contribution in [0.2, 0.25) is 18.6 Å². The Labute approximate surface area is 281 Å². The highest BCUT2D eigenvalue weighted by atomic mass is 28.4. The Morgan fingerprint density at radius 2 is 1.85 bits per heavy atom. The highest BCUT2D eigenvalue weighted by molar-refractivity contribution is 6.72. The summed E-state index contributed by atoms with van der Waals surface area (Å²) in [5, 5.41) is 13.1. The number of aliphatic hydroxyl groups excluding tert-OH is 1. The summed E-state index contributed by atoms with van der Waals surface area (Å²) >= 11 is 0. The molecular formula is C37H42FN3O6Si. The Morgan fingerprint density at radius 1 is 1.15 bits per heavy atom. The molecular weight excluding hydrogens is 630 g/mol. The maximum absolute atomic E-state index is 16.4. The number of carbonyl (C=O) groups is 3. The molecule has 0 bridgehead atoms. The number of fused-ring (bicyclic) bond motifs is 3. The van der Waals surface area contributed by atoms with E-state index in [1.54, 1.807) is 78.5 Å². The fourth-order valence-corrected chi connectivity index (χ4v) is 10.4. The lowest BCUT2D eigenvalue weighted by Crippen LogP contribution is -2.48. The highest BCUT2D eigenvalue weighted by Gasteiger charge is 2.67. The standard InChI is InChI=1S/C37H42FN3O6Si/c1-6-17-40-31-16-13-27(39-35(44)24-11-14-29(46-3)15-12-24)19-30(31)37(36(40)45)23(2)34(48(4,5)38)32(47-37)20-33(43)41-21-26-10-8-7-9-25(26)18-28(41)22-42/h6-16,19,23,28,32,34,42H,1,17-18,20-22H2,2-5H3,(H,39,44)/t23-,28-,32+,34-,37+/m0/s1. The number of carbonyl (C=O) groups excluding carboxylic acids is 3. The van der Waals surface area contributed by atoms with E-state index in [1.807, 2.05) is 31.2 Å². The van der Waals surface area contributed by atoms with Crippen molar-refractivity contribution in [2.75, 3.05) is 30.5 Å². The van der Waals surface area contributed by atoms with Crippen LogP contribution in [-0.4, -0.2) is 68.5 Å². The van der Waals surface area contributed by atoms with Crippen molar-refractivity contribution >= 4 is 37.5 Å². The topological polar surface area (TPSA) is 108 Å². The van der Waals surface area contributed by atoms with Gasteiger partial charge in [-0.3, -0.25) is 14.4 Å². The zero-order valence-electron chi connectivity index (χ0n) is 27.7. The molecule has 3 aliphatic rings. The van der Waals surface area contributed by atoms with Crippen LogP contribution in [0.5, 0.6) is 5.75 Å². The molecule has 1 fully saturated rings. The second-order valence-corrected chi connectivity index (χ2v) is 17.2. The molecule has 252 valence electrons. The summed E-state index contributed by atoms with van der Waals surface area (Å²) in [4.78, 5) is 44.9. The van der Waals surface area contributed by atoms with E-state index in [1.165, 1.54) is 0 Å². The third kappa shape index (κ3) is 5.73. The van der Waals surface area contributed by atoms with Crippen LogP contribution in [0.1, 0.15) is 40.4 Å². The Bertz CT molecular complexity index is 1740. The van der Waals surface area contributed by atoms with Gasteiger partial charge in [0.2, 0.25) is 14.3 Å². The van der Waals surface area contributed by atoms with E-state index in [0.717, 1.165) is 11.1 Å². The summed E-state index contributed by atoms with van der Waals surface area (Å²) < 4.78 is 28.4. The molecule has 3 aliphatic heterocycles. The number of nitrogens with one attached hydrogen (secondary N) is 1. The molecule has 48 heavy (non-hydrogen) atoms. The molecule has 5 atom stereocenters. The van der Waals surface area contributed by atoms with Gasteiger partial charge in [0.15, 0.2) is 5.60 Å². The van der Waals surface area contributed by atoms with Gasteiger partial charge < -0.3 is 33.8 Å². The lowest BCUT2D eigenvalue weighted by molar-refractivity contribution is -0.150. The Balaban J connectivity index is 1.34. The van der Waals surface area contributed by atoms with Crippen LogP contribution in [0, 0.1) is 5.92 Å². The van der Waals surface area contributed by atoms with Crippen molar-refractivity contribution in [1.29, 1.82) is 0 Å². The normalized spacial score (nSPS) is 24.8. The second kappa shape index (κ2) is 12.9. The van der Waals surface area contributed by atoms with Crippen LogP contribution in [0.25, 0.3) is 0 Å². The molecule has 0 saturated carbocycles. The van der Waals surface area contributed by atoms with Gasteiger partial charge in [-0.15, -0.1) is 6.58 Å². The molecule has 11 heteroatoms. The van der Waals surface area contributed by atoms with E-state index in [4.69, 9.17) is 9.47 Å². The van der Waals surface area contributed by atoms with Crippen molar-refractivity contribution in [3.05, 3.63) is 102 Å². The van der Waals surface area contributed by atoms with Crippen LogP contribution in [0.15, 0.2) is 79.4 Å². The molecule has 3 aromatic rings. The number of methoxy groups -OCH3 is 1. The monoisotopic (exact) mass is 671 g/mol. The largest absolute Gasteiger partial charge is 0.497 e. The van der Waals surface area contributed by atoms with Gasteiger partial charge in [-0.25, -0.2) is 0 Å². The summed E-state index contributed by atoms with van der Waals surface area (Å²) in [7, 11) is -1.99. The number of amides is 3. The average Bonchev–Trinajstić information content (AvgIpc) is 3.50. The summed E-state index contributed by atoms with van der Waals surface area (Å²) in [5.41, 5.74) is 1.81. The highest BCUT2D eigenvalue weighted by Crippen LogP contribution is 2.60. The van der Waals surface area contributed by atoms with E-state index >= 15 is 4.11 Å². The third-order valence-electron chi connectivity index (χ3n) is 10.1. The van der Waals surface area contributed by atoms with Gasteiger partial charge >= 0.3 is 0 Å². The van der Waals surface area contributed by atoms with Crippen LogP contribution in [-0.2, 0) is 32.9 Å². The number of benzene rings is 3. The van der Waals surface area contributed by atoms with Gasteiger partial charge in [-0.1, -0.05) is 37.3 Å². The minimum atomic E-state index is -3.54. The van der Waals surface area contributed by atoms with E-state index < -0.39 is 37.6 Å². The van der Waals surface area contributed by atoms with Crippen LogP contribution < -0.4 is 15.0 Å².